The van der Waals surface area contributed by atoms with Crippen LogP contribution >= 0.6 is 0 Å². The number of halogens is 1. The predicted molar refractivity (Wildman–Crippen MR) is 59.4 cm³/mol. The highest BCUT2D eigenvalue weighted by atomic mass is 19.1. The van der Waals surface area contributed by atoms with Crippen molar-refractivity contribution in [2.45, 2.75) is 46.2 Å². The van der Waals surface area contributed by atoms with Gasteiger partial charge in [0.15, 0.2) is 11.5 Å². The number of hydrogen-bond donors (Lipinski definition) is 0. The van der Waals surface area contributed by atoms with Crippen molar-refractivity contribution in [3.63, 3.8) is 0 Å². The summed E-state index contributed by atoms with van der Waals surface area (Å²) in [4.78, 5) is 11.7. The molecule has 0 atom stereocenters. The highest BCUT2D eigenvalue weighted by molar-refractivity contribution is 5.92. The van der Waals surface area contributed by atoms with Crippen molar-refractivity contribution in [1.82, 2.24) is 0 Å². The van der Waals surface area contributed by atoms with Gasteiger partial charge in [0.2, 0.25) is 0 Å². The van der Waals surface area contributed by atoms with Crippen molar-refractivity contribution in [2.75, 3.05) is 7.11 Å². The number of rotatable bonds is 6. The molecule has 0 unspecified atom stereocenters. The second kappa shape index (κ2) is 5.89. The molecule has 15 heavy (non-hydrogen) atoms. The van der Waals surface area contributed by atoms with Gasteiger partial charge in [-0.2, -0.15) is 0 Å². The van der Waals surface area contributed by atoms with Gasteiger partial charge in [-0.25, -0.2) is 4.39 Å². The Bertz CT molecular complexity index is 234. The van der Waals surface area contributed by atoms with Crippen LogP contribution in [0, 0.1) is 5.92 Å². The second-order valence-corrected chi connectivity index (χ2v) is 4.10. The van der Waals surface area contributed by atoms with Crippen molar-refractivity contribution >= 4 is 5.78 Å². The van der Waals surface area contributed by atoms with Crippen LogP contribution in [0.15, 0.2) is 11.8 Å². The van der Waals surface area contributed by atoms with Gasteiger partial charge in [-0.3, -0.25) is 4.79 Å². The standard InChI is InChI=1S/C12H21FO2/c1-6-9(7-2)10(14)8-11(15-5)12(3,4)13/h8-9H,6-7H2,1-5H3/b11-8-. The van der Waals surface area contributed by atoms with Gasteiger partial charge in [0.25, 0.3) is 0 Å². The van der Waals surface area contributed by atoms with Crippen LogP contribution in [0.25, 0.3) is 0 Å². The van der Waals surface area contributed by atoms with E-state index in [-0.39, 0.29) is 17.5 Å². The Morgan fingerprint density at radius 3 is 2.13 bits per heavy atom. The number of allylic oxidation sites excluding steroid dienone is 2. The summed E-state index contributed by atoms with van der Waals surface area (Å²) in [5.74, 6) is 0.0134. The molecule has 3 heteroatoms. The maximum Gasteiger partial charge on any atom is 0.162 e. The van der Waals surface area contributed by atoms with Gasteiger partial charge in [-0.05, 0) is 26.7 Å². The van der Waals surface area contributed by atoms with Crippen LogP contribution in [0.2, 0.25) is 0 Å². The molecule has 0 rings (SSSR count). The number of alkyl halides is 1. The Kier molecular flexibility index (Phi) is 5.55. The largest absolute Gasteiger partial charge is 0.498 e. The maximum atomic E-state index is 13.5. The summed E-state index contributed by atoms with van der Waals surface area (Å²) in [6.45, 7) is 6.66. The predicted octanol–water partition coefficient (Wildman–Crippen LogP) is 3.27. The number of carbonyl (C=O) groups is 1. The molecule has 0 aromatic carbocycles. The van der Waals surface area contributed by atoms with E-state index in [0.29, 0.717) is 0 Å². The van der Waals surface area contributed by atoms with Crippen molar-refractivity contribution in [2.24, 2.45) is 5.92 Å². The molecule has 0 aliphatic carbocycles. The Labute approximate surface area is 91.5 Å². The van der Waals surface area contributed by atoms with Crippen molar-refractivity contribution in [3.05, 3.63) is 11.8 Å². The van der Waals surface area contributed by atoms with Crippen molar-refractivity contribution in [1.29, 1.82) is 0 Å². The van der Waals surface area contributed by atoms with Crippen LogP contribution in [0.3, 0.4) is 0 Å². The third-order valence-electron chi connectivity index (χ3n) is 2.47. The van der Waals surface area contributed by atoms with E-state index in [9.17, 15) is 9.18 Å². The average molecular weight is 216 g/mol. The highest BCUT2D eigenvalue weighted by Gasteiger charge is 2.25. The lowest BCUT2D eigenvalue weighted by Gasteiger charge is -2.18. The third-order valence-corrected chi connectivity index (χ3v) is 2.47. The molecule has 0 aliphatic rings. The van der Waals surface area contributed by atoms with E-state index >= 15 is 0 Å². The summed E-state index contributed by atoms with van der Waals surface area (Å²) >= 11 is 0. The minimum atomic E-state index is -1.60. The fraction of sp³-hybridized carbons (Fsp3) is 0.750. The number of ether oxygens (including phenoxy) is 1. The van der Waals surface area contributed by atoms with Gasteiger partial charge < -0.3 is 4.74 Å². The van der Waals surface area contributed by atoms with Crippen molar-refractivity contribution in [3.8, 4) is 0 Å². The quantitative estimate of drug-likeness (QED) is 0.503. The molecule has 0 spiro atoms. The Morgan fingerprint density at radius 2 is 1.87 bits per heavy atom. The van der Waals surface area contributed by atoms with Crippen LogP contribution in [-0.4, -0.2) is 18.6 Å². The van der Waals surface area contributed by atoms with E-state index in [1.54, 1.807) is 0 Å². The first kappa shape index (κ1) is 14.1. The topological polar surface area (TPSA) is 26.3 Å². The summed E-state index contributed by atoms with van der Waals surface area (Å²) in [6.07, 6.45) is 2.84. The highest BCUT2D eigenvalue weighted by Crippen LogP contribution is 2.22. The van der Waals surface area contributed by atoms with Crippen LogP contribution in [0.5, 0.6) is 0 Å². The molecule has 0 bridgehead atoms. The molecule has 0 saturated heterocycles. The first-order chi connectivity index (χ1) is 6.86. The first-order valence-corrected chi connectivity index (χ1v) is 5.35. The lowest BCUT2D eigenvalue weighted by atomic mass is 9.96. The molecule has 0 amide bonds. The van der Waals surface area contributed by atoms with Gasteiger partial charge in [-0.1, -0.05) is 13.8 Å². The zero-order chi connectivity index (χ0) is 12.1. The Hall–Kier alpha value is -0.860. The molecule has 0 fully saturated rings. The van der Waals surface area contributed by atoms with E-state index in [2.05, 4.69) is 0 Å². The zero-order valence-electron chi connectivity index (χ0n) is 10.3. The molecular formula is C12H21FO2. The fourth-order valence-electron chi connectivity index (χ4n) is 1.41. The van der Waals surface area contributed by atoms with Gasteiger partial charge in [0.1, 0.15) is 5.76 Å². The number of hydrogen-bond acceptors (Lipinski definition) is 2. The van der Waals surface area contributed by atoms with Crippen LogP contribution < -0.4 is 0 Å². The van der Waals surface area contributed by atoms with E-state index < -0.39 is 5.67 Å². The number of carbonyl (C=O) groups excluding carboxylic acids is 1. The molecule has 88 valence electrons. The Balaban J connectivity index is 4.77. The molecule has 2 nitrogen and oxygen atoms in total. The molecule has 0 aromatic heterocycles. The molecule has 0 radical (unpaired) electrons. The summed E-state index contributed by atoms with van der Waals surface area (Å²) in [7, 11) is 1.38. The summed E-state index contributed by atoms with van der Waals surface area (Å²) < 4.78 is 18.4. The van der Waals surface area contributed by atoms with E-state index in [1.165, 1.54) is 27.0 Å². The van der Waals surface area contributed by atoms with Crippen LogP contribution in [0.1, 0.15) is 40.5 Å². The van der Waals surface area contributed by atoms with Crippen LogP contribution in [-0.2, 0) is 9.53 Å². The summed E-state index contributed by atoms with van der Waals surface area (Å²) in [5, 5.41) is 0. The molecule has 0 heterocycles. The first-order valence-electron chi connectivity index (χ1n) is 5.35. The molecule has 0 saturated carbocycles. The fourth-order valence-corrected chi connectivity index (χ4v) is 1.41. The van der Waals surface area contributed by atoms with Gasteiger partial charge in [0.05, 0.1) is 7.11 Å². The lowest BCUT2D eigenvalue weighted by molar-refractivity contribution is -0.118. The third kappa shape index (κ3) is 4.45. The van der Waals surface area contributed by atoms with Crippen molar-refractivity contribution < 1.29 is 13.9 Å². The van der Waals surface area contributed by atoms with E-state index in [0.717, 1.165) is 12.8 Å². The Morgan fingerprint density at radius 1 is 1.40 bits per heavy atom. The SMILES string of the molecule is CCC(CC)C(=O)/C=C(\OC)C(C)(C)F. The summed E-state index contributed by atoms with van der Waals surface area (Å²) in [6, 6.07) is 0. The minimum Gasteiger partial charge on any atom is -0.498 e. The minimum absolute atomic E-state index is 0.0301. The van der Waals surface area contributed by atoms with Gasteiger partial charge in [0, 0.05) is 12.0 Å². The molecular weight excluding hydrogens is 195 g/mol. The average Bonchev–Trinajstić information content (AvgIpc) is 2.14. The van der Waals surface area contributed by atoms with E-state index in [4.69, 9.17) is 4.74 Å². The van der Waals surface area contributed by atoms with Crippen LogP contribution in [0.4, 0.5) is 4.39 Å². The number of ketones is 1. The smallest absolute Gasteiger partial charge is 0.162 e. The lowest BCUT2D eigenvalue weighted by Crippen LogP contribution is -2.20. The van der Waals surface area contributed by atoms with Gasteiger partial charge >= 0.3 is 0 Å². The van der Waals surface area contributed by atoms with E-state index in [1.807, 2.05) is 13.8 Å². The number of methoxy groups -OCH3 is 1. The summed E-state index contributed by atoms with van der Waals surface area (Å²) in [5.41, 5.74) is -1.60. The molecule has 0 N–H and O–H groups in total. The maximum absolute atomic E-state index is 13.5. The van der Waals surface area contributed by atoms with Gasteiger partial charge in [-0.15, -0.1) is 0 Å². The molecule has 0 aromatic rings. The molecule has 0 aliphatic heterocycles. The zero-order valence-corrected chi connectivity index (χ0v) is 10.3. The monoisotopic (exact) mass is 216 g/mol. The normalized spacial score (nSPS) is 13.1. The second-order valence-electron chi connectivity index (χ2n) is 4.10.